The molecule has 0 aliphatic rings. The maximum Gasteiger partial charge on any atom is 0.265 e. The van der Waals surface area contributed by atoms with Gasteiger partial charge in [-0.3, -0.25) is 4.79 Å². The zero-order valence-corrected chi connectivity index (χ0v) is 13.1. The Morgan fingerprint density at radius 2 is 2.00 bits per heavy atom. The summed E-state index contributed by atoms with van der Waals surface area (Å²) in [6.07, 6.45) is 1.93. The van der Waals surface area contributed by atoms with Gasteiger partial charge in [0.1, 0.15) is 14.8 Å². The molecular weight excluding hydrogens is 286 g/mol. The fourth-order valence-corrected chi connectivity index (χ4v) is 4.13. The largest absolute Gasteiger partial charge is 0.396 e. The molecule has 1 heterocycles. The lowest BCUT2D eigenvalue weighted by Crippen LogP contribution is -2.21. The monoisotopic (exact) mass is 305 g/mol. The third-order valence-electron chi connectivity index (χ3n) is 2.41. The number of nitrogens with one attached hydrogen (secondary N) is 1. The summed E-state index contributed by atoms with van der Waals surface area (Å²) < 4.78 is 23.6. The highest BCUT2D eigenvalue weighted by Gasteiger charge is 2.27. The molecule has 0 bridgehead atoms. The Balaban J connectivity index is 3.39. The number of carbonyl (C=O) groups excluding carboxylic acids is 1. The second kappa shape index (κ2) is 5.79. The van der Waals surface area contributed by atoms with Gasteiger partial charge in [-0.1, -0.05) is 6.92 Å². The van der Waals surface area contributed by atoms with E-state index in [0.29, 0.717) is 11.5 Å². The molecule has 0 aromatic carbocycles. The highest BCUT2D eigenvalue weighted by molar-refractivity contribution is 7.91. The van der Waals surface area contributed by atoms with Crippen LogP contribution in [-0.4, -0.2) is 46.1 Å². The molecule has 19 heavy (non-hydrogen) atoms. The van der Waals surface area contributed by atoms with E-state index in [0.717, 1.165) is 24.0 Å². The lowest BCUT2D eigenvalue weighted by molar-refractivity contribution is 0.0833. The second-order valence-corrected chi connectivity index (χ2v) is 7.37. The number of rotatable bonds is 5. The molecule has 0 aliphatic heterocycles. The number of amides is 1. The fourth-order valence-electron chi connectivity index (χ4n) is 1.51. The Morgan fingerprint density at radius 1 is 1.42 bits per heavy atom. The molecule has 0 fully saturated rings. The van der Waals surface area contributed by atoms with Crippen molar-refractivity contribution >= 4 is 37.8 Å². The number of sulfone groups is 1. The predicted octanol–water partition coefficient (Wildman–Crippen LogP) is 1.26. The minimum absolute atomic E-state index is 0.0242. The van der Waals surface area contributed by atoms with Crippen LogP contribution < -0.4 is 11.1 Å². The van der Waals surface area contributed by atoms with Crippen molar-refractivity contribution in [2.45, 2.75) is 18.2 Å². The predicted molar refractivity (Wildman–Crippen MR) is 78.6 cm³/mol. The third kappa shape index (κ3) is 3.38. The Hall–Kier alpha value is -1.28. The van der Waals surface area contributed by atoms with Crippen molar-refractivity contribution in [3.63, 3.8) is 0 Å². The summed E-state index contributed by atoms with van der Waals surface area (Å²) in [7, 11) is -0.285. The third-order valence-corrected chi connectivity index (χ3v) is 4.85. The van der Waals surface area contributed by atoms with E-state index < -0.39 is 9.84 Å². The number of nitrogen functional groups attached to an aromatic ring is 1. The van der Waals surface area contributed by atoms with Gasteiger partial charge < -0.3 is 16.0 Å². The van der Waals surface area contributed by atoms with Gasteiger partial charge >= 0.3 is 0 Å². The highest BCUT2D eigenvalue weighted by atomic mass is 32.2. The standard InChI is InChI=1S/C11H19N3O3S2/c1-5-6-13-10-9(19(4,16)17)7(12)8(18-10)11(15)14(2)3/h13H,5-6,12H2,1-4H3. The minimum atomic E-state index is -3.48. The summed E-state index contributed by atoms with van der Waals surface area (Å²) in [6, 6.07) is 0. The quantitative estimate of drug-likeness (QED) is 0.854. The van der Waals surface area contributed by atoms with Gasteiger partial charge in [0.2, 0.25) is 0 Å². The Kier molecular flexibility index (Phi) is 4.81. The van der Waals surface area contributed by atoms with Crippen LogP contribution in [0.3, 0.4) is 0 Å². The molecule has 1 aromatic heterocycles. The van der Waals surface area contributed by atoms with Gasteiger partial charge in [0.05, 0.1) is 5.69 Å². The summed E-state index contributed by atoms with van der Waals surface area (Å²) in [5.74, 6) is -0.294. The maximum absolute atomic E-state index is 12.0. The van der Waals surface area contributed by atoms with Crippen LogP contribution in [0.15, 0.2) is 4.90 Å². The second-order valence-electron chi connectivity index (χ2n) is 4.40. The molecule has 0 aliphatic carbocycles. The summed E-state index contributed by atoms with van der Waals surface area (Å²) in [5, 5.41) is 3.45. The van der Waals surface area contributed by atoms with E-state index >= 15 is 0 Å². The van der Waals surface area contributed by atoms with Gasteiger partial charge in [0.25, 0.3) is 5.91 Å². The summed E-state index contributed by atoms with van der Waals surface area (Å²) >= 11 is 1.08. The zero-order valence-electron chi connectivity index (χ0n) is 11.5. The number of hydrogen-bond donors (Lipinski definition) is 2. The van der Waals surface area contributed by atoms with Gasteiger partial charge in [-0.2, -0.15) is 0 Å². The van der Waals surface area contributed by atoms with E-state index in [1.165, 1.54) is 4.90 Å². The summed E-state index contributed by atoms with van der Waals surface area (Å²) in [4.78, 5) is 13.6. The van der Waals surface area contributed by atoms with Crippen LogP contribution in [0, 0.1) is 0 Å². The molecular formula is C11H19N3O3S2. The Morgan fingerprint density at radius 3 is 2.42 bits per heavy atom. The van der Waals surface area contributed by atoms with Crippen molar-refractivity contribution in [3.8, 4) is 0 Å². The molecule has 1 amide bonds. The molecule has 1 rings (SSSR count). The van der Waals surface area contributed by atoms with Crippen molar-refractivity contribution in [1.82, 2.24) is 4.90 Å². The first-order chi connectivity index (χ1) is 8.70. The normalized spacial score (nSPS) is 11.4. The highest BCUT2D eigenvalue weighted by Crippen LogP contribution is 2.39. The van der Waals surface area contributed by atoms with Crippen LogP contribution in [0.25, 0.3) is 0 Å². The Bertz CT molecular complexity index is 576. The number of carbonyl (C=O) groups is 1. The van der Waals surface area contributed by atoms with Crippen LogP contribution in [0.4, 0.5) is 10.7 Å². The first-order valence-electron chi connectivity index (χ1n) is 5.78. The molecule has 1 aromatic rings. The van der Waals surface area contributed by atoms with Crippen LogP contribution in [-0.2, 0) is 9.84 Å². The molecule has 0 spiro atoms. The zero-order chi connectivity index (χ0) is 14.8. The van der Waals surface area contributed by atoms with Crippen molar-refractivity contribution in [1.29, 1.82) is 0 Å². The summed E-state index contributed by atoms with van der Waals surface area (Å²) in [6.45, 7) is 2.59. The molecule has 3 N–H and O–H groups in total. The smallest absolute Gasteiger partial charge is 0.265 e. The first kappa shape index (κ1) is 15.8. The lowest BCUT2D eigenvalue weighted by atomic mass is 10.3. The van der Waals surface area contributed by atoms with E-state index in [2.05, 4.69) is 5.32 Å². The summed E-state index contributed by atoms with van der Waals surface area (Å²) in [5.41, 5.74) is 5.88. The first-order valence-corrected chi connectivity index (χ1v) is 8.48. The molecule has 6 nitrogen and oxygen atoms in total. The molecule has 0 saturated heterocycles. The molecule has 8 heteroatoms. The number of hydrogen-bond acceptors (Lipinski definition) is 6. The maximum atomic E-state index is 12.0. The topological polar surface area (TPSA) is 92.5 Å². The van der Waals surface area contributed by atoms with Crippen LogP contribution in [0.2, 0.25) is 0 Å². The molecule has 0 saturated carbocycles. The van der Waals surface area contributed by atoms with E-state index in [1.807, 2.05) is 6.92 Å². The van der Waals surface area contributed by atoms with E-state index in [4.69, 9.17) is 5.73 Å². The van der Waals surface area contributed by atoms with Crippen molar-refractivity contribution in [2.24, 2.45) is 0 Å². The lowest BCUT2D eigenvalue weighted by Gasteiger charge is -2.08. The van der Waals surface area contributed by atoms with Gasteiger partial charge in [0, 0.05) is 26.9 Å². The SMILES string of the molecule is CCCNc1sc(C(=O)N(C)C)c(N)c1S(C)(=O)=O. The van der Waals surface area contributed by atoms with Crippen molar-refractivity contribution < 1.29 is 13.2 Å². The number of thiophene rings is 1. The van der Waals surface area contributed by atoms with Gasteiger partial charge in [-0.15, -0.1) is 11.3 Å². The van der Waals surface area contributed by atoms with Crippen LogP contribution in [0.1, 0.15) is 23.0 Å². The van der Waals surface area contributed by atoms with Gasteiger partial charge in [0.15, 0.2) is 9.84 Å². The van der Waals surface area contributed by atoms with Gasteiger partial charge in [-0.05, 0) is 6.42 Å². The average Bonchev–Trinajstić information content (AvgIpc) is 2.61. The van der Waals surface area contributed by atoms with E-state index in [9.17, 15) is 13.2 Å². The van der Waals surface area contributed by atoms with E-state index in [-0.39, 0.29) is 21.4 Å². The molecule has 0 unspecified atom stereocenters. The molecule has 0 radical (unpaired) electrons. The fraction of sp³-hybridized carbons (Fsp3) is 0.545. The van der Waals surface area contributed by atoms with Gasteiger partial charge in [-0.25, -0.2) is 8.42 Å². The van der Waals surface area contributed by atoms with Crippen LogP contribution in [0.5, 0.6) is 0 Å². The van der Waals surface area contributed by atoms with Crippen molar-refractivity contribution in [3.05, 3.63) is 4.88 Å². The number of anilines is 2. The minimum Gasteiger partial charge on any atom is -0.396 e. The van der Waals surface area contributed by atoms with Crippen molar-refractivity contribution in [2.75, 3.05) is 37.9 Å². The van der Waals surface area contributed by atoms with Crippen LogP contribution >= 0.6 is 11.3 Å². The van der Waals surface area contributed by atoms with E-state index in [1.54, 1.807) is 14.1 Å². The number of nitrogens with two attached hydrogens (primary N) is 1. The molecule has 108 valence electrons. The Labute approximate surface area is 117 Å². The molecule has 0 atom stereocenters. The number of nitrogens with zero attached hydrogens (tertiary/aromatic N) is 1. The average molecular weight is 305 g/mol.